The van der Waals surface area contributed by atoms with Crippen molar-refractivity contribution in [2.75, 3.05) is 43.5 Å². The number of carbonyl (C=O) groups is 1. The molecule has 29 heavy (non-hydrogen) atoms. The number of benzene rings is 1. The standard InChI is InChI=1S/C22H27ClN4O2/c23-18-2-1-3-20(12-18)26-22(28)17-4-5-21(24-13-17)25-19-6-9-27(10-7-19)14-16-8-11-29-15-16/h1-5,12-13,16,19H,6-11,14-15H2,(H,24,25)(H,26,28). The fraction of sp³-hybridized carbons (Fsp3) is 0.455. The largest absolute Gasteiger partial charge is 0.381 e. The number of anilines is 2. The lowest BCUT2D eigenvalue weighted by Gasteiger charge is -2.33. The molecule has 2 fully saturated rings. The maximum absolute atomic E-state index is 12.4. The Bertz CT molecular complexity index is 816. The first-order valence-corrected chi connectivity index (χ1v) is 10.6. The molecule has 1 amide bonds. The van der Waals surface area contributed by atoms with Crippen LogP contribution in [0.4, 0.5) is 11.5 Å². The Balaban J connectivity index is 1.24. The van der Waals surface area contributed by atoms with Gasteiger partial charge in [0, 0.05) is 49.2 Å². The second-order valence-electron chi connectivity index (χ2n) is 7.85. The quantitative estimate of drug-likeness (QED) is 0.750. The summed E-state index contributed by atoms with van der Waals surface area (Å²) in [6, 6.07) is 11.2. The van der Waals surface area contributed by atoms with Crippen molar-refractivity contribution < 1.29 is 9.53 Å². The minimum absolute atomic E-state index is 0.199. The zero-order chi connectivity index (χ0) is 20.1. The summed E-state index contributed by atoms with van der Waals surface area (Å²) in [5, 5.41) is 6.93. The van der Waals surface area contributed by atoms with Crippen molar-refractivity contribution in [2.24, 2.45) is 5.92 Å². The van der Waals surface area contributed by atoms with Crippen LogP contribution in [0.25, 0.3) is 0 Å². The highest BCUT2D eigenvalue weighted by molar-refractivity contribution is 6.30. The fourth-order valence-corrected chi connectivity index (χ4v) is 4.13. The number of hydrogen-bond donors (Lipinski definition) is 2. The number of piperidine rings is 1. The van der Waals surface area contributed by atoms with Crippen LogP contribution in [0.5, 0.6) is 0 Å². The lowest BCUT2D eigenvalue weighted by atomic mass is 10.0. The zero-order valence-electron chi connectivity index (χ0n) is 16.4. The van der Waals surface area contributed by atoms with Gasteiger partial charge in [0.05, 0.1) is 12.2 Å². The molecular formula is C22H27ClN4O2. The summed E-state index contributed by atoms with van der Waals surface area (Å²) in [6.45, 7) is 5.20. The first-order valence-electron chi connectivity index (χ1n) is 10.3. The first-order chi connectivity index (χ1) is 14.2. The number of carbonyl (C=O) groups excluding carboxylic acids is 1. The summed E-state index contributed by atoms with van der Waals surface area (Å²) >= 11 is 5.96. The molecule has 1 atom stereocenters. The van der Waals surface area contributed by atoms with E-state index in [1.807, 2.05) is 6.07 Å². The minimum Gasteiger partial charge on any atom is -0.381 e. The molecule has 0 bridgehead atoms. The fourth-order valence-electron chi connectivity index (χ4n) is 3.94. The van der Waals surface area contributed by atoms with Gasteiger partial charge >= 0.3 is 0 Å². The third kappa shape index (κ3) is 5.69. The van der Waals surface area contributed by atoms with Crippen molar-refractivity contribution in [3.8, 4) is 0 Å². The number of amides is 1. The van der Waals surface area contributed by atoms with Gasteiger partial charge in [-0.25, -0.2) is 4.98 Å². The molecule has 4 rings (SSSR count). The number of likely N-dealkylation sites (tertiary alicyclic amines) is 1. The van der Waals surface area contributed by atoms with Crippen molar-refractivity contribution in [3.05, 3.63) is 53.2 Å². The molecule has 0 aliphatic carbocycles. The summed E-state index contributed by atoms with van der Waals surface area (Å²) < 4.78 is 5.48. The van der Waals surface area contributed by atoms with E-state index in [2.05, 4.69) is 20.5 Å². The third-order valence-corrected chi connectivity index (χ3v) is 5.82. The average molecular weight is 415 g/mol. The summed E-state index contributed by atoms with van der Waals surface area (Å²) in [6.07, 6.45) is 5.01. The van der Waals surface area contributed by atoms with E-state index in [0.29, 0.717) is 28.2 Å². The van der Waals surface area contributed by atoms with Gasteiger partial charge in [0.2, 0.25) is 0 Å². The smallest absolute Gasteiger partial charge is 0.257 e. The molecule has 6 nitrogen and oxygen atoms in total. The minimum atomic E-state index is -0.199. The van der Waals surface area contributed by atoms with E-state index in [0.717, 1.165) is 51.5 Å². The maximum Gasteiger partial charge on any atom is 0.257 e. The SMILES string of the molecule is O=C(Nc1cccc(Cl)c1)c1ccc(NC2CCN(CC3CCOC3)CC2)nc1. The number of nitrogens with one attached hydrogen (secondary N) is 2. The van der Waals surface area contributed by atoms with Crippen LogP contribution in [-0.4, -0.2) is 54.7 Å². The summed E-state index contributed by atoms with van der Waals surface area (Å²) in [4.78, 5) is 19.4. The van der Waals surface area contributed by atoms with E-state index in [4.69, 9.17) is 16.3 Å². The van der Waals surface area contributed by atoms with Crippen LogP contribution < -0.4 is 10.6 Å². The number of aromatic nitrogens is 1. The van der Waals surface area contributed by atoms with Crippen LogP contribution >= 0.6 is 11.6 Å². The van der Waals surface area contributed by atoms with Crippen molar-refractivity contribution in [1.29, 1.82) is 0 Å². The highest BCUT2D eigenvalue weighted by atomic mass is 35.5. The molecule has 1 unspecified atom stereocenters. The Hall–Kier alpha value is -2.15. The van der Waals surface area contributed by atoms with Crippen LogP contribution in [0, 0.1) is 5.92 Å². The van der Waals surface area contributed by atoms with E-state index >= 15 is 0 Å². The zero-order valence-corrected chi connectivity index (χ0v) is 17.2. The van der Waals surface area contributed by atoms with Gasteiger partial charge in [-0.05, 0) is 55.5 Å². The van der Waals surface area contributed by atoms with Crippen LogP contribution in [0.2, 0.25) is 5.02 Å². The van der Waals surface area contributed by atoms with Gasteiger partial charge in [0.15, 0.2) is 0 Å². The summed E-state index contributed by atoms with van der Waals surface area (Å²) in [7, 11) is 0. The van der Waals surface area contributed by atoms with Gasteiger partial charge in [-0.1, -0.05) is 17.7 Å². The number of pyridine rings is 1. The van der Waals surface area contributed by atoms with Crippen molar-refractivity contribution in [1.82, 2.24) is 9.88 Å². The molecule has 0 saturated carbocycles. The Morgan fingerprint density at radius 3 is 2.76 bits per heavy atom. The highest BCUT2D eigenvalue weighted by Gasteiger charge is 2.24. The number of rotatable bonds is 6. The van der Waals surface area contributed by atoms with Crippen molar-refractivity contribution in [2.45, 2.75) is 25.3 Å². The lowest BCUT2D eigenvalue weighted by molar-refractivity contribution is 0.102. The van der Waals surface area contributed by atoms with Crippen LogP contribution in [0.15, 0.2) is 42.6 Å². The number of hydrogen-bond acceptors (Lipinski definition) is 5. The van der Waals surface area contributed by atoms with E-state index in [-0.39, 0.29) is 5.91 Å². The molecule has 2 aliphatic rings. The van der Waals surface area contributed by atoms with E-state index in [1.54, 1.807) is 36.5 Å². The first kappa shape index (κ1) is 20.1. The average Bonchev–Trinajstić information content (AvgIpc) is 3.23. The molecule has 154 valence electrons. The molecular weight excluding hydrogens is 388 g/mol. The second-order valence-corrected chi connectivity index (χ2v) is 8.28. The van der Waals surface area contributed by atoms with Gasteiger partial charge in [-0.15, -0.1) is 0 Å². The van der Waals surface area contributed by atoms with Crippen LogP contribution in [0.3, 0.4) is 0 Å². The van der Waals surface area contributed by atoms with E-state index in [9.17, 15) is 4.79 Å². The molecule has 1 aromatic carbocycles. The molecule has 2 saturated heterocycles. The molecule has 7 heteroatoms. The molecule has 2 N–H and O–H groups in total. The predicted molar refractivity (Wildman–Crippen MR) is 116 cm³/mol. The van der Waals surface area contributed by atoms with Crippen molar-refractivity contribution in [3.63, 3.8) is 0 Å². The Kier molecular flexibility index (Phi) is 6.64. The van der Waals surface area contributed by atoms with Gasteiger partial charge in [0.1, 0.15) is 5.82 Å². The Labute approximate surface area is 176 Å². The molecule has 0 spiro atoms. The topological polar surface area (TPSA) is 66.5 Å². The van der Waals surface area contributed by atoms with Gasteiger partial charge in [-0.2, -0.15) is 0 Å². The van der Waals surface area contributed by atoms with E-state index < -0.39 is 0 Å². The number of nitrogens with zero attached hydrogens (tertiary/aromatic N) is 2. The Morgan fingerprint density at radius 2 is 2.07 bits per heavy atom. The normalized spacial score (nSPS) is 20.5. The molecule has 1 aromatic heterocycles. The monoisotopic (exact) mass is 414 g/mol. The summed E-state index contributed by atoms with van der Waals surface area (Å²) in [5.74, 6) is 1.31. The van der Waals surface area contributed by atoms with Gasteiger partial charge in [-0.3, -0.25) is 4.79 Å². The number of ether oxygens (including phenoxy) is 1. The molecule has 2 aromatic rings. The van der Waals surface area contributed by atoms with Crippen molar-refractivity contribution >= 4 is 29.0 Å². The molecule has 2 aliphatic heterocycles. The van der Waals surface area contributed by atoms with Gasteiger partial charge < -0.3 is 20.3 Å². The predicted octanol–water partition coefficient (Wildman–Crippen LogP) is 3.90. The Morgan fingerprint density at radius 1 is 1.21 bits per heavy atom. The third-order valence-electron chi connectivity index (χ3n) is 5.59. The van der Waals surface area contributed by atoms with E-state index in [1.165, 1.54) is 6.42 Å². The molecule has 0 radical (unpaired) electrons. The summed E-state index contributed by atoms with van der Waals surface area (Å²) in [5.41, 5.74) is 1.18. The maximum atomic E-state index is 12.4. The second kappa shape index (κ2) is 9.57. The van der Waals surface area contributed by atoms with Crippen LogP contribution in [-0.2, 0) is 4.74 Å². The lowest BCUT2D eigenvalue weighted by Crippen LogP contribution is -2.41. The van der Waals surface area contributed by atoms with Crippen LogP contribution in [0.1, 0.15) is 29.6 Å². The molecule has 3 heterocycles. The highest BCUT2D eigenvalue weighted by Crippen LogP contribution is 2.20. The number of halogens is 1. The van der Waals surface area contributed by atoms with Gasteiger partial charge in [0.25, 0.3) is 5.91 Å².